The fraction of sp³-hybridized carbons (Fsp3) is 0.300. The lowest BCUT2D eigenvalue weighted by Gasteiger charge is -1.93. The van der Waals surface area contributed by atoms with E-state index in [0.29, 0.717) is 0 Å². The quantitative estimate of drug-likeness (QED) is 0.671. The summed E-state index contributed by atoms with van der Waals surface area (Å²) < 4.78 is 0.945. The van der Waals surface area contributed by atoms with Crippen molar-refractivity contribution in [3.8, 4) is 0 Å². The molecule has 0 heterocycles. The number of hydrogen-bond donors (Lipinski definition) is 0. The number of carbonyl (C=O) groups is 1. The van der Waals surface area contributed by atoms with Crippen molar-refractivity contribution in [2.75, 3.05) is 0 Å². The molecular formula is C10H13BrO. The fourth-order valence-corrected chi connectivity index (χ4v) is 1.11. The molecule has 0 aliphatic heterocycles. The van der Waals surface area contributed by atoms with E-state index in [1.165, 1.54) is 0 Å². The first-order chi connectivity index (χ1) is 5.70. The van der Waals surface area contributed by atoms with Crippen LogP contribution in [-0.4, -0.2) is 5.78 Å². The van der Waals surface area contributed by atoms with Gasteiger partial charge in [-0.1, -0.05) is 41.9 Å². The maximum atomic E-state index is 10.8. The average Bonchev–Trinajstić information content (AvgIpc) is 2.08. The summed E-state index contributed by atoms with van der Waals surface area (Å²) in [7, 11) is 0. The molecule has 0 amide bonds. The third-order valence-electron chi connectivity index (χ3n) is 1.23. The van der Waals surface area contributed by atoms with Crippen molar-refractivity contribution in [2.45, 2.75) is 20.8 Å². The molecule has 12 heavy (non-hydrogen) atoms. The lowest BCUT2D eigenvalue weighted by Crippen LogP contribution is -1.89. The van der Waals surface area contributed by atoms with E-state index >= 15 is 0 Å². The highest BCUT2D eigenvalue weighted by Crippen LogP contribution is 2.11. The smallest absolute Gasteiger partial charge is 0.159 e. The van der Waals surface area contributed by atoms with E-state index in [1.54, 1.807) is 13.0 Å². The zero-order valence-corrected chi connectivity index (χ0v) is 9.18. The second-order valence-electron chi connectivity index (χ2n) is 2.07. The van der Waals surface area contributed by atoms with E-state index in [1.807, 2.05) is 32.0 Å². The third kappa shape index (κ3) is 3.67. The Morgan fingerprint density at radius 1 is 1.33 bits per heavy atom. The summed E-state index contributed by atoms with van der Waals surface area (Å²) in [6.07, 6.45) is 0. The molecule has 0 aliphatic rings. The molecule has 0 bridgehead atoms. The molecule has 0 saturated heterocycles. The van der Waals surface area contributed by atoms with Gasteiger partial charge in [-0.25, -0.2) is 0 Å². The zero-order valence-electron chi connectivity index (χ0n) is 7.60. The Labute approximate surface area is 81.9 Å². The van der Waals surface area contributed by atoms with Gasteiger partial charge in [0.2, 0.25) is 0 Å². The second kappa shape index (κ2) is 5.95. The van der Waals surface area contributed by atoms with Crippen LogP contribution in [0.5, 0.6) is 0 Å². The highest BCUT2D eigenvalue weighted by Gasteiger charge is 1.96. The van der Waals surface area contributed by atoms with E-state index in [4.69, 9.17) is 0 Å². The predicted octanol–water partition coefficient (Wildman–Crippen LogP) is 3.68. The minimum Gasteiger partial charge on any atom is -0.295 e. The van der Waals surface area contributed by atoms with Gasteiger partial charge in [-0.05, 0) is 19.1 Å². The molecule has 0 N–H and O–H groups in total. The Hall–Kier alpha value is -0.630. The van der Waals surface area contributed by atoms with Crippen LogP contribution in [0.1, 0.15) is 31.1 Å². The average molecular weight is 229 g/mol. The summed E-state index contributed by atoms with van der Waals surface area (Å²) in [4.78, 5) is 10.8. The lowest BCUT2D eigenvalue weighted by molar-refractivity contribution is 0.101. The van der Waals surface area contributed by atoms with Crippen LogP contribution in [0, 0.1) is 0 Å². The molecule has 0 unspecified atom stereocenters. The van der Waals surface area contributed by atoms with Crippen LogP contribution >= 0.6 is 15.9 Å². The third-order valence-corrected chi connectivity index (χ3v) is 1.72. The molecule has 0 saturated carbocycles. The Morgan fingerprint density at radius 2 is 1.92 bits per heavy atom. The maximum Gasteiger partial charge on any atom is 0.159 e. The van der Waals surface area contributed by atoms with Gasteiger partial charge in [-0.2, -0.15) is 0 Å². The number of carbonyl (C=O) groups excluding carboxylic acids is 1. The highest BCUT2D eigenvalue weighted by molar-refractivity contribution is 9.10. The first-order valence-electron chi connectivity index (χ1n) is 3.96. The van der Waals surface area contributed by atoms with Crippen molar-refractivity contribution in [3.05, 3.63) is 34.3 Å². The van der Waals surface area contributed by atoms with Crippen molar-refractivity contribution >= 4 is 21.7 Å². The van der Waals surface area contributed by atoms with Crippen molar-refractivity contribution in [1.82, 2.24) is 0 Å². The summed E-state index contributed by atoms with van der Waals surface area (Å²) in [5, 5.41) is 0. The van der Waals surface area contributed by atoms with Crippen LogP contribution in [0.4, 0.5) is 0 Å². The minimum absolute atomic E-state index is 0.0984. The van der Waals surface area contributed by atoms with Gasteiger partial charge in [0.1, 0.15) is 0 Å². The maximum absolute atomic E-state index is 10.8. The fourth-order valence-electron chi connectivity index (χ4n) is 0.707. The Bertz CT molecular complexity index is 256. The topological polar surface area (TPSA) is 17.1 Å². The zero-order chi connectivity index (χ0) is 9.56. The van der Waals surface area contributed by atoms with Gasteiger partial charge in [0.15, 0.2) is 5.78 Å². The van der Waals surface area contributed by atoms with E-state index in [0.717, 1.165) is 10.0 Å². The monoisotopic (exact) mass is 228 g/mol. The standard InChI is InChI=1S/C8H7BrO.C2H6/c1-6(10)7-3-2-4-8(9)5-7;1-2/h2-5H,1H3;1-2H3. The van der Waals surface area contributed by atoms with Gasteiger partial charge in [-0.3, -0.25) is 4.79 Å². The summed E-state index contributed by atoms with van der Waals surface area (Å²) in [5.41, 5.74) is 0.745. The Morgan fingerprint density at radius 3 is 2.25 bits per heavy atom. The number of hydrogen-bond acceptors (Lipinski definition) is 1. The molecule has 0 radical (unpaired) electrons. The van der Waals surface area contributed by atoms with Crippen molar-refractivity contribution in [2.24, 2.45) is 0 Å². The molecule has 1 nitrogen and oxygen atoms in total. The molecule has 0 spiro atoms. The molecule has 66 valence electrons. The molecular weight excluding hydrogens is 216 g/mol. The normalized spacial score (nSPS) is 8.33. The van der Waals surface area contributed by atoms with Gasteiger partial charge in [0, 0.05) is 10.0 Å². The first-order valence-corrected chi connectivity index (χ1v) is 4.76. The van der Waals surface area contributed by atoms with Crippen molar-refractivity contribution in [3.63, 3.8) is 0 Å². The van der Waals surface area contributed by atoms with Crippen molar-refractivity contribution in [1.29, 1.82) is 0 Å². The van der Waals surface area contributed by atoms with Gasteiger partial charge in [0.05, 0.1) is 0 Å². The van der Waals surface area contributed by atoms with Crippen LogP contribution in [-0.2, 0) is 0 Å². The Kier molecular flexibility index (Phi) is 5.64. The minimum atomic E-state index is 0.0984. The van der Waals surface area contributed by atoms with Gasteiger partial charge in [0.25, 0.3) is 0 Å². The molecule has 0 atom stereocenters. The molecule has 0 aliphatic carbocycles. The van der Waals surface area contributed by atoms with E-state index in [9.17, 15) is 4.79 Å². The van der Waals surface area contributed by atoms with Crippen LogP contribution in [0.25, 0.3) is 0 Å². The summed E-state index contributed by atoms with van der Waals surface area (Å²) in [5.74, 6) is 0.0984. The SMILES string of the molecule is CC.CC(=O)c1cccc(Br)c1. The number of halogens is 1. The van der Waals surface area contributed by atoms with E-state index in [2.05, 4.69) is 15.9 Å². The van der Waals surface area contributed by atoms with E-state index in [-0.39, 0.29) is 5.78 Å². The predicted molar refractivity (Wildman–Crippen MR) is 55.5 cm³/mol. The van der Waals surface area contributed by atoms with Crippen LogP contribution < -0.4 is 0 Å². The number of ketones is 1. The van der Waals surface area contributed by atoms with E-state index < -0.39 is 0 Å². The second-order valence-corrected chi connectivity index (χ2v) is 2.98. The molecule has 0 aromatic heterocycles. The van der Waals surface area contributed by atoms with Crippen molar-refractivity contribution < 1.29 is 4.79 Å². The van der Waals surface area contributed by atoms with Gasteiger partial charge >= 0.3 is 0 Å². The Balaban J connectivity index is 0.000000561. The van der Waals surface area contributed by atoms with Gasteiger partial charge in [-0.15, -0.1) is 0 Å². The van der Waals surface area contributed by atoms with Crippen LogP contribution in [0.2, 0.25) is 0 Å². The summed E-state index contributed by atoms with van der Waals surface area (Å²) in [6.45, 7) is 5.56. The molecule has 0 fully saturated rings. The lowest BCUT2D eigenvalue weighted by atomic mass is 10.2. The molecule has 1 aromatic rings. The molecule has 1 rings (SSSR count). The number of Topliss-reactive ketones (excluding diaryl/α,β-unsaturated/α-hetero) is 1. The number of benzene rings is 1. The largest absolute Gasteiger partial charge is 0.295 e. The number of rotatable bonds is 1. The molecule has 1 aromatic carbocycles. The van der Waals surface area contributed by atoms with Gasteiger partial charge < -0.3 is 0 Å². The summed E-state index contributed by atoms with van der Waals surface area (Å²) in [6, 6.07) is 7.35. The summed E-state index contributed by atoms with van der Waals surface area (Å²) >= 11 is 3.28. The first kappa shape index (κ1) is 11.4. The highest BCUT2D eigenvalue weighted by atomic mass is 79.9. The van der Waals surface area contributed by atoms with Crippen LogP contribution in [0.15, 0.2) is 28.7 Å². The van der Waals surface area contributed by atoms with Crippen LogP contribution in [0.3, 0.4) is 0 Å². The molecule has 2 heteroatoms.